The van der Waals surface area contributed by atoms with E-state index in [0.717, 1.165) is 49.9 Å². The fraction of sp³-hybridized carbons (Fsp3) is 0. The third-order valence-corrected chi connectivity index (χ3v) is 4.53. The summed E-state index contributed by atoms with van der Waals surface area (Å²) in [5.41, 5.74) is 4.77. The Morgan fingerprint density at radius 1 is 0.630 bits per heavy atom. The van der Waals surface area contributed by atoms with E-state index in [1.165, 1.54) is 0 Å². The van der Waals surface area contributed by atoms with Crippen LogP contribution in [0.4, 0.5) is 5.69 Å². The first-order valence-electron chi connectivity index (χ1n) is 8.52. The summed E-state index contributed by atoms with van der Waals surface area (Å²) in [4.78, 5) is 17.8. The minimum Gasteiger partial charge on any atom is -0.355 e. The molecule has 130 valence electrons. The lowest BCUT2D eigenvalue weighted by atomic mass is 10.3. The van der Waals surface area contributed by atoms with Gasteiger partial charge in [0.1, 0.15) is 0 Å². The molecule has 8 bridgehead atoms. The van der Waals surface area contributed by atoms with Gasteiger partial charge in [0.15, 0.2) is 0 Å². The van der Waals surface area contributed by atoms with Gasteiger partial charge in [-0.25, -0.2) is 0 Å². The van der Waals surface area contributed by atoms with Crippen LogP contribution in [0.25, 0.3) is 24.3 Å². The predicted octanol–water partition coefficient (Wildman–Crippen LogP) is 1.36. The van der Waals surface area contributed by atoms with E-state index in [1.54, 1.807) is 0 Å². The van der Waals surface area contributed by atoms with Crippen molar-refractivity contribution in [2.75, 3.05) is 0 Å². The minimum absolute atomic E-state index is 0.757. The van der Waals surface area contributed by atoms with Crippen molar-refractivity contribution in [3.8, 4) is 0 Å². The summed E-state index contributed by atoms with van der Waals surface area (Å²) < 4.78 is 0. The molecule has 0 atom stereocenters. The molecule has 0 unspecified atom stereocenters. The number of fused-ring (bicyclic) bond motifs is 8. The second-order valence-corrected chi connectivity index (χ2v) is 6.59. The predicted molar refractivity (Wildman–Crippen MR) is 111 cm³/mol. The number of aromatic amines is 4. The van der Waals surface area contributed by atoms with Crippen LogP contribution in [0.5, 0.6) is 0 Å². The van der Waals surface area contributed by atoms with Gasteiger partial charge >= 0.3 is 0 Å². The number of aliphatic imine (C=N–C) groups is 1. The molecular formula is C21H15N5S. The molecule has 0 aliphatic carbocycles. The number of nitrogens with zero attached hydrogens (tertiary/aromatic N) is 1. The maximum atomic E-state index is 4.80. The van der Waals surface area contributed by atoms with Gasteiger partial charge in [-0.15, -0.1) is 0 Å². The first-order chi connectivity index (χ1) is 13.2. The van der Waals surface area contributed by atoms with Gasteiger partial charge in [0.25, 0.3) is 0 Å². The van der Waals surface area contributed by atoms with Crippen molar-refractivity contribution in [1.29, 1.82) is 0 Å². The van der Waals surface area contributed by atoms with E-state index >= 15 is 0 Å². The number of nitrogens with one attached hydrogen (secondary N) is 4. The molecule has 27 heavy (non-hydrogen) atoms. The van der Waals surface area contributed by atoms with Crippen molar-refractivity contribution in [1.82, 2.24) is 19.9 Å². The summed E-state index contributed by atoms with van der Waals surface area (Å²) in [6.45, 7) is 0. The zero-order valence-corrected chi connectivity index (χ0v) is 15.0. The number of rotatable bonds is 1. The van der Waals surface area contributed by atoms with Crippen LogP contribution in [-0.4, -0.2) is 25.1 Å². The maximum absolute atomic E-state index is 4.80. The van der Waals surface area contributed by atoms with Crippen molar-refractivity contribution < 1.29 is 0 Å². The highest BCUT2D eigenvalue weighted by atomic mass is 32.1. The zero-order chi connectivity index (χ0) is 18.2. The van der Waals surface area contributed by atoms with Crippen LogP contribution in [-0.2, 0) is 0 Å². The Hall–Kier alpha value is -3.60. The van der Waals surface area contributed by atoms with Crippen LogP contribution in [0, 0.1) is 0 Å². The number of H-pyrrole nitrogens is 4. The van der Waals surface area contributed by atoms with Gasteiger partial charge in [0, 0.05) is 38.8 Å². The van der Waals surface area contributed by atoms with Crippen LogP contribution in [0.1, 0.15) is 22.8 Å². The highest BCUT2D eigenvalue weighted by molar-refractivity contribution is 7.78. The van der Waals surface area contributed by atoms with Crippen LogP contribution in [0.3, 0.4) is 0 Å². The quantitative estimate of drug-likeness (QED) is 0.261. The van der Waals surface area contributed by atoms with Gasteiger partial charge in [0.05, 0.1) is 16.2 Å². The Kier molecular flexibility index (Phi) is 3.64. The van der Waals surface area contributed by atoms with E-state index in [0.29, 0.717) is 0 Å². The number of isothiocyanates is 1. The summed E-state index contributed by atoms with van der Waals surface area (Å²) in [7, 11) is 0. The van der Waals surface area contributed by atoms with E-state index in [-0.39, 0.29) is 0 Å². The summed E-state index contributed by atoms with van der Waals surface area (Å²) in [5, 5.41) is 6.34. The van der Waals surface area contributed by atoms with Gasteiger partial charge in [-0.3, -0.25) is 0 Å². The Balaban J connectivity index is 1.81. The van der Waals surface area contributed by atoms with E-state index < -0.39 is 0 Å². The number of aromatic nitrogens is 4. The molecule has 0 fully saturated rings. The third-order valence-electron chi connectivity index (χ3n) is 4.44. The summed E-state index contributed by atoms with van der Waals surface area (Å²) in [6.07, 6.45) is 8.21. The molecule has 4 aromatic rings. The molecule has 0 radical (unpaired) electrons. The second-order valence-electron chi connectivity index (χ2n) is 6.41. The molecule has 0 aromatic carbocycles. The Bertz CT molecular complexity index is 1430. The molecule has 4 aromatic heterocycles. The van der Waals surface area contributed by atoms with E-state index in [2.05, 4.69) is 60.4 Å². The van der Waals surface area contributed by atoms with E-state index in [1.807, 2.05) is 36.4 Å². The average molecular weight is 369 g/mol. The molecule has 5 rings (SSSR count). The number of hydrogen-bond acceptors (Lipinski definition) is 2. The Labute approximate surface area is 159 Å². The van der Waals surface area contributed by atoms with Crippen LogP contribution < -0.4 is 21.4 Å². The van der Waals surface area contributed by atoms with Crippen LogP contribution >= 0.6 is 12.2 Å². The first-order valence-corrected chi connectivity index (χ1v) is 8.93. The summed E-state index contributed by atoms with van der Waals surface area (Å²) >= 11 is 4.80. The normalized spacial score (nSPS) is 12.1. The van der Waals surface area contributed by atoms with Gasteiger partial charge in [-0.2, -0.15) is 4.99 Å². The monoisotopic (exact) mass is 369 g/mol. The topological polar surface area (TPSA) is 75.5 Å². The highest BCUT2D eigenvalue weighted by Gasteiger charge is 2.01. The van der Waals surface area contributed by atoms with Crippen molar-refractivity contribution in [2.45, 2.75) is 0 Å². The van der Waals surface area contributed by atoms with Crippen molar-refractivity contribution in [2.24, 2.45) is 4.99 Å². The Morgan fingerprint density at radius 2 is 1.19 bits per heavy atom. The smallest absolute Gasteiger partial charge is 0.0995 e. The minimum atomic E-state index is 0.757. The molecule has 0 saturated carbocycles. The number of thiocarbonyl (C=S) groups is 1. The van der Waals surface area contributed by atoms with Crippen molar-refractivity contribution in [3.63, 3.8) is 0 Å². The Morgan fingerprint density at radius 3 is 1.78 bits per heavy atom. The molecule has 1 aliphatic rings. The second kappa shape index (κ2) is 6.29. The standard InChI is InChI=1S/C21H15N5S/c27-12-22-20-11-19-9-17-4-3-15(24-17)7-13-1-2-14(23-13)8-16-5-6-18(25-16)10-21(20)26-19/h1-11,23-26H. The molecule has 0 spiro atoms. The first kappa shape index (κ1) is 15.6. The molecule has 5 nitrogen and oxygen atoms in total. The van der Waals surface area contributed by atoms with Gasteiger partial charge in [-0.1, -0.05) is 0 Å². The van der Waals surface area contributed by atoms with Crippen LogP contribution in [0.2, 0.25) is 0 Å². The summed E-state index contributed by atoms with van der Waals surface area (Å²) in [6, 6.07) is 14.3. The molecule has 0 saturated heterocycles. The average Bonchev–Trinajstić information content (AvgIpc) is 3.41. The molecule has 5 heterocycles. The van der Waals surface area contributed by atoms with Crippen molar-refractivity contribution in [3.05, 3.63) is 86.6 Å². The lowest BCUT2D eigenvalue weighted by Crippen LogP contribution is -2.10. The summed E-state index contributed by atoms with van der Waals surface area (Å²) in [5.74, 6) is 0. The highest BCUT2D eigenvalue weighted by Crippen LogP contribution is 2.07. The lowest BCUT2D eigenvalue weighted by molar-refractivity contribution is 1.23. The molecular weight excluding hydrogens is 354 g/mol. The SMILES string of the molecule is S=C=Nc1cc2[nH]c1=Cc1ccc([nH]1)C=c1ccc([nH]1)=Cc1ccc([nH]1)C=2. The maximum Gasteiger partial charge on any atom is 0.0995 e. The largest absolute Gasteiger partial charge is 0.355 e. The van der Waals surface area contributed by atoms with Crippen molar-refractivity contribution >= 4 is 47.4 Å². The molecule has 1 aliphatic heterocycles. The van der Waals surface area contributed by atoms with E-state index in [4.69, 9.17) is 12.2 Å². The molecule has 6 heteroatoms. The lowest BCUT2D eigenvalue weighted by Gasteiger charge is -1.89. The molecule has 4 N–H and O–H groups in total. The van der Waals surface area contributed by atoms with E-state index in [9.17, 15) is 0 Å². The fourth-order valence-corrected chi connectivity index (χ4v) is 3.36. The van der Waals surface area contributed by atoms with Gasteiger partial charge < -0.3 is 19.9 Å². The van der Waals surface area contributed by atoms with Gasteiger partial charge in [-0.05, 0) is 79.0 Å². The zero-order valence-electron chi connectivity index (χ0n) is 14.2. The molecule has 0 amide bonds. The number of hydrogen-bond donors (Lipinski definition) is 4. The van der Waals surface area contributed by atoms with Crippen LogP contribution in [0.15, 0.2) is 47.5 Å². The fourth-order valence-electron chi connectivity index (χ4n) is 3.26. The third kappa shape index (κ3) is 3.15. The van der Waals surface area contributed by atoms with Gasteiger partial charge in [0.2, 0.25) is 0 Å².